The van der Waals surface area contributed by atoms with E-state index in [0.29, 0.717) is 18.4 Å². The quantitative estimate of drug-likeness (QED) is 0.580. The number of nitrogens with zero attached hydrogens (tertiary/aromatic N) is 1. The number of hydrogen-bond acceptors (Lipinski definition) is 5. The fourth-order valence-electron chi connectivity index (χ4n) is 1.71. The average molecular weight is 280 g/mol. The average Bonchev–Trinajstić information content (AvgIpc) is 2.44. The standard InChI is InChI=1S/C13H14F2N4O/c1-20-7-8-4-2-3-5-11(8)17-12-9(14)6-10(15)13(18-12)19-16/h2-6H,7,16H2,1H3,(H2,17,18,19). The van der Waals surface area contributed by atoms with Crippen LogP contribution in [0, 0.1) is 11.6 Å². The van der Waals surface area contributed by atoms with Gasteiger partial charge in [0.25, 0.3) is 0 Å². The topological polar surface area (TPSA) is 72.2 Å². The van der Waals surface area contributed by atoms with Crippen molar-refractivity contribution in [2.75, 3.05) is 17.9 Å². The molecule has 1 aromatic carbocycles. The Hall–Kier alpha value is -2.25. The second-order valence-electron chi connectivity index (χ2n) is 4.01. The molecule has 0 aliphatic heterocycles. The van der Waals surface area contributed by atoms with Gasteiger partial charge in [0.1, 0.15) is 0 Å². The molecule has 5 nitrogen and oxygen atoms in total. The van der Waals surface area contributed by atoms with E-state index in [1.807, 2.05) is 12.1 Å². The van der Waals surface area contributed by atoms with E-state index in [9.17, 15) is 8.78 Å². The summed E-state index contributed by atoms with van der Waals surface area (Å²) in [6.07, 6.45) is 0. The number of hydrazine groups is 1. The molecule has 1 heterocycles. The monoisotopic (exact) mass is 280 g/mol. The highest BCUT2D eigenvalue weighted by Gasteiger charge is 2.12. The van der Waals surface area contributed by atoms with Gasteiger partial charge in [-0.3, -0.25) is 0 Å². The smallest absolute Gasteiger partial charge is 0.178 e. The molecule has 106 valence electrons. The number of rotatable bonds is 5. The second kappa shape index (κ2) is 6.27. The van der Waals surface area contributed by atoms with Crippen LogP contribution in [-0.2, 0) is 11.3 Å². The fourth-order valence-corrected chi connectivity index (χ4v) is 1.71. The Bertz CT molecular complexity index is 607. The number of benzene rings is 1. The molecule has 0 amide bonds. The molecule has 0 unspecified atom stereocenters. The lowest BCUT2D eigenvalue weighted by atomic mass is 10.2. The molecule has 0 atom stereocenters. The highest BCUT2D eigenvalue weighted by Crippen LogP contribution is 2.24. The van der Waals surface area contributed by atoms with E-state index in [0.717, 1.165) is 5.56 Å². The van der Waals surface area contributed by atoms with Gasteiger partial charge in [0.05, 0.1) is 6.61 Å². The van der Waals surface area contributed by atoms with Crippen LogP contribution < -0.4 is 16.6 Å². The molecular formula is C13H14F2N4O. The van der Waals surface area contributed by atoms with Crippen molar-refractivity contribution in [2.45, 2.75) is 6.61 Å². The summed E-state index contributed by atoms with van der Waals surface area (Å²) in [7, 11) is 1.56. The minimum atomic E-state index is -0.860. The molecule has 1 aromatic heterocycles. The summed E-state index contributed by atoms with van der Waals surface area (Å²) in [5.74, 6) is 3.09. The minimum absolute atomic E-state index is 0.122. The number of nitrogens with one attached hydrogen (secondary N) is 2. The molecule has 0 fully saturated rings. The third kappa shape index (κ3) is 3.01. The molecule has 0 spiro atoms. The first-order chi connectivity index (χ1) is 9.65. The van der Waals surface area contributed by atoms with Crippen LogP contribution in [0.5, 0.6) is 0 Å². The number of halogens is 2. The predicted octanol–water partition coefficient (Wildman–Crippen LogP) is 2.54. The largest absolute Gasteiger partial charge is 0.380 e. The van der Waals surface area contributed by atoms with Crippen molar-refractivity contribution >= 4 is 17.3 Å². The van der Waals surface area contributed by atoms with Crippen LogP contribution in [0.2, 0.25) is 0 Å². The zero-order valence-electron chi connectivity index (χ0n) is 10.8. The van der Waals surface area contributed by atoms with E-state index < -0.39 is 11.6 Å². The zero-order chi connectivity index (χ0) is 14.5. The van der Waals surface area contributed by atoms with Gasteiger partial charge in [-0.1, -0.05) is 18.2 Å². The van der Waals surface area contributed by atoms with E-state index in [4.69, 9.17) is 10.6 Å². The van der Waals surface area contributed by atoms with Gasteiger partial charge in [-0.25, -0.2) is 19.6 Å². The molecule has 0 saturated carbocycles. The lowest BCUT2D eigenvalue weighted by Gasteiger charge is -2.12. The first-order valence-corrected chi connectivity index (χ1v) is 5.82. The Morgan fingerprint density at radius 3 is 2.60 bits per heavy atom. The maximum atomic E-state index is 13.7. The maximum Gasteiger partial charge on any atom is 0.178 e. The van der Waals surface area contributed by atoms with Crippen LogP contribution in [0.15, 0.2) is 30.3 Å². The predicted molar refractivity (Wildman–Crippen MR) is 72.4 cm³/mol. The van der Waals surface area contributed by atoms with Crippen molar-refractivity contribution < 1.29 is 13.5 Å². The minimum Gasteiger partial charge on any atom is -0.380 e. The van der Waals surface area contributed by atoms with Crippen LogP contribution in [-0.4, -0.2) is 12.1 Å². The van der Waals surface area contributed by atoms with E-state index in [2.05, 4.69) is 15.7 Å². The summed E-state index contributed by atoms with van der Waals surface area (Å²) in [6.45, 7) is 0.355. The normalized spacial score (nSPS) is 10.4. The van der Waals surface area contributed by atoms with Crippen LogP contribution in [0.3, 0.4) is 0 Å². The summed E-state index contributed by atoms with van der Waals surface area (Å²) in [5.41, 5.74) is 3.51. The van der Waals surface area contributed by atoms with Gasteiger partial charge >= 0.3 is 0 Å². The summed E-state index contributed by atoms with van der Waals surface area (Å²) in [6, 6.07) is 7.90. The number of nitrogen functional groups attached to an aromatic ring is 1. The van der Waals surface area contributed by atoms with E-state index in [1.54, 1.807) is 19.2 Å². The lowest BCUT2D eigenvalue weighted by molar-refractivity contribution is 0.185. The molecular weight excluding hydrogens is 266 g/mol. The summed E-state index contributed by atoms with van der Waals surface area (Å²) >= 11 is 0. The van der Waals surface area contributed by atoms with Gasteiger partial charge < -0.3 is 15.5 Å². The van der Waals surface area contributed by atoms with Crippen molar-refractivity contribution in [1.29, 1.82) is 0 Å². The van der Waals surface area contributed by atoms with Crippen molar-refractivity contribution in [1.82, 2.24) is 4.98 Å². The van der Waals surface area contributed by atoms with Gasteiger partial charge in [0.2, 0.25) is 0 Å². The number of anilines is 3. The van der Waals surface area contributed by atoms with E-state index in [-0.39, 0.29) is 11.6 Å². The highest BCUT2D eigenvalue weighted by molar-refractivity contribution is 5.62. The molecule has 0 aliphatic rings. The van der Waals surface area contributed by atoms with Gasteiger partial charge in [-0.05, 0) is 6.07 Å². The SMILES string of the molecule is COCc1ccccc1Nc1nc(NN)c(F)cc1F. The number of methoxy groups -OCH3 is 1. The van der Waals surface area contributed by atoms with Crippen molar-refractivity contribution in [3.8, 4) is 0 Å². The van der Waals surface area contributed by atoms with Crippen LogP contribution in [0.1, 0.15) is 5.56 Å². The number of hydrogen-bond donors (Lipinski definition) is 3. The summed E-state index contributed by atoms with van der Waals surface area (Å²) < 4.78 is 32.0. The van der Waals surface area contributed by atoms with Gasteiger partial charge in [-0.15, -0.1) is 0 Å². The van der Waals surface area contributed by atoms with E-state index >= 15 is 0 Å². The van der Waals surface area contributed by atoms with Crippen LogP contribution in [0.25, 0.3) is 0 Å². The Kier molecular flexibility index (Phi) is 4.44. The number of nitrogens with two attached hydrogens (primary N) is 1. The lowest BCUT2D eigenvalue weighted by Crippen LogP contribution is -2.12. The van der Waals surface area contributed by atoms with E-state index in [1.165, 1.54) is 0 Å². The zero-order valence-corrected chi connectivity index (χ0v) is 10.8. The molecule has 0 aliphatic carbocycles. The van der Waals surface area contributed by atoms with Crippen molar-refractivity contribution in [2.24, 2.45) is 5.84 Å². The van der Waals surface area contributed by atoms with Crippen LogP contribution in [0.4, 0.5) is 26.1 Å². The third-order valence-corrected chi connectivity index (χ3v) is 2.64. The van der Waals surface area contributed by atoms with Gasteiger partial charge in [-0.2, -0.15) is 0 Å². The molecule has 2 aromatic rings. The number of aromatic nitrogens is 1. The maximum absolute atomic E-state index is 13.7. The van der Waals surface area contributed by atoms with Gasteiger partial charge in [0.15, 0.2) is 23.3 Å². The molecule has 0 saturated heterocycles. The molecule has 7 heteroatoms. The van der Waals surface area contributed by atoms with Crippen LogP contribution >= 0.6 is 0 Å². The highest BCUT2D eigenvalue weighted by atomic mass is 19.1. The number of ether oxygens (including phenoxy) is 1. The number of pyridine rings is 1. The molecule has 2 rings (SSSR count). The second-order valence-corrected chi connectivity index (χ2v) is 4.01. The summed E-state index contributed by atoms with van der Waals surface area (Å²) in [5, 5.41) is 2.80. The molecule has 20 heavy (non-hydrogen) atoms. The van der Waals surface area contributed by atoms with Gasteiger partial charge in [0, 0.05) is 24.4 Å². The Morgan fingerprint density at radius 1 is 1.20 bits per heavy atom. The third-order valence-electron chi connectivity index (χ3n) is 2.64. The molecule has 4 N–H and O–H groups in total. The Labute approximate surface area is 114 Å². The Balaban J connectivity index is 2.35. The number of para-hydroxylation sites is 1. The first-order valence-electron chi connectivity index (χ1n) is 5.82. The van der Waals surface area contributed by atoms with Crippen molar-refractivity contribution in [3.63, 3.8) is 0 Å². The summed E-state index contributed by atoms with van der Waals surface area (Å²) in [4.78, 5) is 3.75. The fraction of sp³-hybridized carbons (Fsp3) is 0.154. The van der Waals surface area contributed by atoms with Crippen molar-refractivity contribution in [3.05, 3.63) is 47.5 Å². The first kappa shape index (κ1) is 14.2. The molecule has 0 bridgehead atoms. The molecule has 0 radical (unpaired) electrons. The Morgan fingerprint density at radius 2 is 1.90 bits per heavy atom.